The Kier molecular flexibility index (Phi) is 5.90. The fourth-order valence-electron chi connectivity index (χ4n) is 2.45. The van der Waals surface area contributed by atoms with Gasteiger partial charge in [-0.2, -0.15) is 5.26 Å². The van der Waals surface area contributed by atoms with Crippen molar-refractivity contribution in [1.82, 2.24) is 25.0 Å². The number of urea groups is 1. The van der Waals surface area contributed by atoms with Crippen molar-refractivity contribution in [2.24, 2.45) is 7.05 Å². The van der Waals surface area contributed by atoms with Crippen LogP contribution in [0.15, 0.2) is 30.6 Å². The van der Waals surface area contributed by atoms with Crippen molar-refractivity contribution in [3.05, 3.63) is 47.5 Å². The maximum atomic E-state index is 12.6. The van der Waals surface area contributed by atoms with Crippen LogP contribution in [0.5, 0.6) is 0 Å². The molecule has 1 unspecified atom stereocenters. The monoisotopic (exact) mass is 326 g/mol. The van der Waals surface area contributed by atoms with Gasteiger partial charge in [0.2, 0.25) is 0 Å². The van der Waals surface area contributed by atoms with E-state index in [1.807, 2.05) is 33.0 Å². The van der Waals surface area contributed by atoms with Gasteiger partial charge >= 0.3 is 6.03 Å². The Balaban J connectivity index is 2.04. The van der Waals surface area contributed by atoms with Gasteiger partial charge in [-0.15, -0.1) is 10.2 Å². The van der Waals surface area contributed by atoms with E-state index in [1.165, 1.54) is 0 Å². The van der Waals surface area contributed by atoms with Crippen LogP contribution in [0.2, 0.25) is 0 Å². The highest BCUT2D eigenvalue weighted by atomic mass is 16.2. The SMILES string of the molecule is CCCN(Cc1ccc(C#N)cc1)C(=O)NC(C)c1nncn1C. The summed E-state index contributed by atoms with van der Waals surface area (Å²) in [6.07, 6.45) is 2.47. The first-order valence-corrected chi connectivity index (χ1v) is 7.93. The topological polar surface area (TPSA) is 86.8 Å². The summed E-state index contributed by atoms with van der Waals surface area (Å²) in [6.45, 7) is 5.06. The van der Waals surface area contributed by atoms with Crippen LogP contribution < -0.4 is 5.32 Å². The number of aromatic nitrogens is 3. The van der Waals surface area contributed by atoms with Crippen LogP contribution >= 0.6 is 0 Å². The van der Waals surface area contributed by atoms with Gasteiger partial charge in [-0.05, 0) is 31.0 Å². The van der Waals surface area contributed by atoms with Crippen molar-refractivity contribution in [3.63, 3.8) is 0 Å². The minimum atomic E-state index is -0.231. The number of nitrogens with zero attached hydrogens (tertiary/aromatic N) is 5. The van der Waals surface area contributed by atoms with Gasteiger partial charge in [0.25, 0.3) is 0 Å². The number of nitriles is 1. The molecule has 0 saturated carbocycles. The molecule has 7 nitrogen and oxygen atoms in total. The number of nitrogens with one attached hydrogen (secondary N) is 1. The van der Waals surface area contributed by atoms with Crippen LogP contribution in [-0.4, -0.2) is 32.2 Å². The minimum absolute atomic E-state index is 0.142. The van der Waals surface area contributed by atoms with Crippen LogP contribution in [0, 0.1) is 11.3 Å². The van der Waals surface area contributed by atoms with Crippen molar-refractivity contribution in [2.75, 3.05) is 6.54 Å². The molecule has 2 aromatic rings. The smallest absolute Gasteiger partial charge is 0.318 e. The maximum absolute atomic E-state index is 12.6. The van der Waals surface area contributed by atoms with Crippen molar-refractivity contribution in [2.45, 2.75) is 32.9 Å². The third-order valence-electron chi connectivity index (χ3n) is 3.71. The van der Waals surface area contributed by atoms with Gasteiger partial charge in [0.05, 0.1) is 17.7 Å². The molecule has 2 rings (SSSR count). The van der Waals surface area contributed by atoms with Crippen molar-refractivity contribution in [3.8, 4) is 6.07 Å². The highest BCUT2D eigenvalue weighted by Gasteiger charge is 2.19. The van der Waals surface area contributed by atoms with E-state index in [2.05, 4.69) is 21.6 Å². The molecule has 24 heavy (non-hydrogen) atoms. The molecule has 1 atom stereocenters. The number of hydrogen-bond acceptors (Lipinski definition) is 4. The van der Waals surface area contributed by atoms with Gasteiger partial charge in [0.15, 0.2) is 5.82 Å². The minimum Gasteiger partial charge on any atom is -0.328 e. The second-order valence-corrected chi connectivity index (χ2v) is 5.70. The van der Waals surface area contributed by atoms with Crippen molar-refractivity contribution >= 4 is 6.03 Å². The van der Waals surface area contributed by atoms with E-state index in [4.69, 9.17) is 5.26 Å². The normalized spacial score (nSPS) is 11.6. The molecule has 1 aromatic carbocycles. The lowest BCUT2D eigenvalue weighted by atomic mass is 10.1. The lowest BCUT2D eigenvalue weighted by Gasteiger charge is -2.24. The Morgan fingerprint density at radius 3 is 2.67 bits per heavy atom. The van der Waals surface area contributed by atoms with Crippen molar-refractivity contribution < 1.29 is 4.79 Å². The Morgan fingerprint density at radius 2 is 2.12 bits per heavy atom. The summed E-state index contributed by atoms with van der Waals surface area (Å²) in [5.74, 6) is 0.707. The quantitative estimate of drug-likeness (QED) is 0.883. The number of carbonyl (C=O) groups is 1. The molecule has 2 amide bonds. The van der Waals surface area contributed by atoms with Crippen molar-refractivity contribution in [1.29, 1.82) is 5.26 Å². The van der Waals surface area contributed by atoms with Gasteiger partial charge in [0.1, 0.15) is 6.33 Å². The zero-order chi connectivity index (χ0) is 17.5. The zero-order valence-corrected chi connectivity index (χ0v) is 14.2. The van der Waals surface area contributed by atoms with Gasteiger partial charge in [-0.1, -0.05) is 19.1 Å². The second-order valence-electron chi connectivity index (χ2n) is 5.70. The van der Waals surface area contributed by atoms with Crippen LogP contribution in [0.1, 0.15) is 43.3 Å². The molecule has 126 valence electrons. The van der Waals surface area contributed by atoms with Gasteiger partial charge in [0, 0.05) is 20.1 Å². The third kappa shape index (κ3) is 4.32. The second kappa shape index (κ2) is 8.11. The fraction of sp³-hybridized carbons (Fsp3) is 0.412. The number of benzene rings is 1. The van der Waals surface area contributed by atoms with E-state index >= 15 is 0 Å². The molecule has 0 bridgehead atoms. The van der Waals surface area contributed by atoms with Gasteiger partial charge in [-0.3, -0.25) is 0 Å². The Morgan fingerprint density at radius 1 is 1.42 bits per heavy atom. The Hall–Kier alpha value is -2.88. The summed E-state index contributed by atoms with van der Waals surface area (Å²) in [5, 5.41) is 19.7. The van der Waals surface area contributed by atoms with Gasteiger partial charge < -0.3 is 14.8 Å². The van der Waals surface area contributed by atoms with E-state index in [0.717, 1.165) is 12.0 Å². The number of hydrogen-bond donors (Lipinski definition) is 1. The maximum Gasteiger partial charge on any atom is 0.318 e. The average Bonchev–Trinajstić information content (AvgIpc) is 3.01. The van der Waals surface area contributed by atoms with Gasteiger partial charge in [-0.25, -0.2) is 4.79 Å². The molecule has 1 aromatic heterocycles. The summed E-state index contributed by atoms with van der Waals surface area (Å²) in [4.78, 5) is 14.3. The molecular weight excluding hydrogens is 304 g/mol. The van der Waals surface area contributed by atoms with Crippen LogP contribution in [0.4, 0.5) is 4.79 Å². The highest BCUT2D eigenvalue weighted by molar-refractivity contribution is 5.74. The van der Waals surface area contributed by atoms with E-state index in [0.29, 0.717) is 24.5 Å². The number of carbonyl (C=O) groups excluding carboxylic acids is 1. The third-order valence-corrected chi connectivity index (χ3v) is 3.71. The summed E-state index contributed by atoms with van der Waals surface area (Å²) >= 11 is 0. The molecule has 1 N–H and O–H groups in total. The largest absolute Gasteiger partial charge is 0.328 e. The summed E-state index contributed by atoms with van der Waals surface area (Å²) in [5.41, 5.74) is 1.60. The average molecular weight is 326 g/mol. The number of amides is 2. The highest BCUT2D eigenvalue weighted by Crippen LogP contribution is 2.11. The van der Waals surface area contributed by atoms with Crippen LogP contribution in [-0.2, 0) is 13.6 Å². The number of rotatable bonds is 6. The molecule has 1 heterocycles. The lowest BCUT2D eigenvalue weighted by Crippen LogP contribution is -2.41. The Labute approximate surface area is 141 Å². The molecule has 0 aliphatic rings. The molecular formula is C17H22N6O. The first-order valence-electron chi connectivity index (χ1n) is 7.93. The van der Waals surface area contributed by atoms with E-state index in [9.17, 15) is 4.79 Å². The molecule has 0 saturated heterocycles. The van der Waals surface area contributed by atoms with E-state index in [1.54, 1.807) is 27.9 Å². The first-order chi connectivity index (χ1) is 11.5. The summed E-state index contributed by atoms with van der Waals surface area (Å²) < 4.78 is 1.79. The van der Waals surface area contributed by atoms with E-state index in [-0.39, 0.29) is 12.1 Å². The number of aryl methyl sites for hydroxylation is 1. The Bertz CT molecular complexity index is 715. The first kappa shape index (κ1) is 17.5. The molecule has 0 aliphatic heterocycles. The summed E-state index contributed by atoms with van der Waals surface area (Å²) in [6, 6.07) is 9.00. The summed E-state index contributed by atoms with van der Waals surface area (Å²) in [7, 11) is 1.85. The lowest BCUT2D eigenvalue weighted by molar-refractivity contribution is 0.191. The fourth-order valence-corrected chi connectivity index (χ4v) is 2.45. The zero-order valence-electron chi connectivity index (χ0n) is 14.2. The molecule has 0 spiro atoms. The molecule has 0 radical (unpaired) electrons. The van der Waals surface area contributed by atoms with E-state index < -0.39 is 0 Å². The molecule has 7 heteroatoms. The predicted molar refractivity (Wildman–Crippen MR) is 89.8 cm³/mol. The predicted octanol–water partition coefficient (Wildman–Crippen LogP) is 2.37. The standard InChI is InChI=1S/C17H22N6O/c1-4-9-23(11-15-7-5-14(10-18)6-8-15)17(24)20-13(2)16-21-19-12-22(16)3/h5-8,12-13H,4,9,11H2,1-3H3,(H,20,24). The molecule has 0 aliphatic carbocycles. The molecule has 0 fully saturated rings. The van der Waals surface area contributed by atoms with Crippen LogP contribution in [0.3, 0.4) is 0 Å². The van der Waals surface area contributed by atoms with Crippen LogP contribution in [0.25, 0.3) is 0 Å².